The van der Waals surface area contributed by atoms with Crippen LogP contribution in [0.2, 0.25) is 0 Å². The quantitative estimate of drug-likeness (QED) is 0.816. The van der Waals surface area contributed by atoms with Crippen molar-refractivity contribution in [3.63, 3.8) is 0 Å². The first kappa shape index (κ1) is 18.9. The van der Waals surface area contributed by atoms with Crippen LogP contribution in [0.15, 0.2) is 24.3 Å². The number of rotatable bonds is 6. The van der Waals surface area contributed by atoms with Crippen LogP contribution in [0.4, 0.5) is 5.69 Å². The number of carbonyl (C=O) groups excluding carboxylic acids is 2. The lowest BCUT2D eigenvalue weighted by Gasteiger charge is -2.26. The summed E-state index contributed by atoms with van der Waals surface area (Å²) in [7, 11) is 0. The third kappa shape index (κ3) is 5.29. The average Bonchev–Trinajstić information content (AvgIpc) is 3.16. The summed E-state index contributed by atoms with van der Waals surface area (Å²) in [5.41, 5.74) is 1.99. The molecule has 1 aromatic carbocycles. The molecular formula is C20H29N3O3. The molecule has 26 heavy (non-hydrogen) atoms. The Morgan fingerprint density at radius 2 is 1.81 bits per heavy atom. The van der Waals surface area contributed by atoms with Gasteiger partial charge < -0.3 is 15.4 Å². The van der Waals surface area contributed by atoms with Gasteiger partial charge in [0.1, 0.15) is 6.04 Å². The molecule has 0 radical (unpaired) electrons. The fraction of sp³-hybridized carbons (Fsp3) is 0.600. The fourth-order valence-corrected chi connectivity index (χ4v) is 3.84. The first-order valence-electron chi connectivity index (χ1n) is 9.59. The van der Waals surface area contributed by atoms with Gasteiger partial charge in [0.25, 0.3) is 0 Å². The molecule has 1 saturated carbocycles. The molecule has 2 fully saturated rings. The van der Waals surface area contributed by atoms with Gasteiger partial charge in [-0.25, -0.2) is 0 Å². The summed E-state index contributed by atoms with van der Waals surface area (Å²) < 4.78 is 5.37. The summed E-state index contributed by atoms with van der Waals surface area (Å²) in [6.07, 6.45) is 4.25. The van der Waals surface area contributed by atoms with Gasteiger partial charge in [0.05, 0.1) is 13.2 Å². The average molecular weight is 359 g/mol. The van der Waals surface area contributed by atoms with Crippen LogP contribution in [0.1, 0.15) is 38.2 Å². The number of benzene rings is 1. The van der Waals surface area contributed by atoms with E-state index in [9.17, 15) is 9.59 Å². The number of nitrogens with zero attached hydrogens (tertiary/aromatic N) is 1. The number of carbonyl (C=O) groups is 2. The number of nitrogens with one attached hydrogen (secondary N) is 2. The number of hydrogen-bond donors (Lipinski definition) is 2. The zero-order chi connectivity index (χ0) is 18.4. The maximum Gasteiger partial charge on any atom is 0.247 e. The summed E-state index contributed by atoms with van der Waals surface area (Å²) in [6, 6.07) is 7.53. The molecule has 1 saturated heterocycles. The van der Waals surface area contributed by atoms with Crippen LogP contribution < -0.4 is 10.6 Å². The molecule has 2 amide bonds. The molecule has 142 valence electrons. The summed E-state index contributed by atoms with van der Waals surface area (Å²) in [4.78, 5) is 26.6. The van der Waals surface area contributed by atoms with Crippen LogP contribution in [0.3, 0.4) is 0 Å². The Morgan fingerprint density at radius 3 is 2.42 bits per heavy atom. The van der Waals surface area contributed by atoms with E-state index in [-0.39, 0.29) is 17.7 Å². The van der Waals surface area contributed by atoms with Crippen molar-refractivity contribution in [2.75, 3.05) is 31.6 Å². The monoisotopic (exact) mass is 359 g/mol. The molecule has 1 atom stereocenters. The van der Waals surface area contributed by atoms with E-state index in [1.807, 2.05) is 24.3 Å². The molecule has 2 aliphatic rings. The normalized spacial score (nSPS) is 19.9. The molecule has 2 N–H and O–H groups in total. The highest BCUT2D eigenvalue weighted by Crippen LogP contribution is 2.28. The van der Waals surface area contributed by atoms with E-state index in [0.29, 0.717) is 0 Å². The molecule has 0 spiro atoms. The van der Waals surface area contributed by atoms with E-state index < -0.39 is 6.04 Å². The van der Waals surface area contributed by atoms with Crippen LogP contribution >= 0.6 is 0 Å². The third-order valence-corrected chi connectivity index (χ3v) is 5.24. The standard InChI is InChI=1S/C20H29N3O3/c1-15(24)21-19(17-4-2-3-5-17)20(25)22-18-8-6-16(7-9-18)14-23-10-12-26-13-11-23/h6-9,17,19H,2-5,10-14H2,1H3,(H,21,24)(H,22,25). The molecule has 1 unspecified atom stereocenters. The Kier molecular flexibility index (Phi) is 6.63. The lowest BCUT2D eigenvalue weighted by molar-refractivity contribution is -0.126. The van der Waals surface area contributed by atoms with Crippen molar-refractivity contribution in [2.45, 2.75) is 45.2 Å². The van der Waals surface area contributed by atoms with Crippen molar-refractivity contribution in [2.24, 2.45) is 5.92 Å². The van der Waals surface area contributed by atoms with Gasteiger partial charge in [-0.15, -0.1) is 0 Å². The van der Waals surface area contributed by atoms with Gasteiger partial charge in [0, 0.05) is 32.2 Å². The molecular weight excluding hydrogens is 330 g/mol. The van der Waals surface area contributed by atoms with Gasteiger partial charge in [-0.2, -0.15) is 0 Å². The van der Waals surface area contributed by atoms with Gasteiger partial charge in [0.2, 0.25) is 11.8 Å². The molecule has 6 nitrogen and oxygen atoms in total. The van der Waals surface area contributed by atoms with Crippen molar-refractivity contribution in [1.82, 2.24) is 10.2 Å². The zero-order valence-corrected chi connectivity index (χ0v) is 15.5. The zero-order valence-electron chi connectivity index (χ0n) is 15.5. The fourth-order valence-electron chi connectivity index (χ4n) is 3.84. The second-order valence-electron chi connectivity index (χ2n) is 7.30. The molecule has 0 bridgehead atoms. The van der Waals surface area contributed by atoms with Gasteiger partial charge in [-0.05, 0) is 36.5 Å². The highest BCUT2D eigenvalue weighted by molar-refractivity contribution is 5.97. The second-order valence-corrected chi connectivity index (χ2v) is 7.30. The van der Waals surface area contributed by atoms with Crippen LogP contribution in [0.25, 0.3) is 0 Å². The van der Waals surface area contributed by atoms with Crippen molar-refractivity contribution < 1.29 is 14.3 Å². The van der Waals surface area contributed by atoms with Gasteiger partial charge in [0.15, 0.2) is 0 Å². The predicted molar refractivity (Wildman–Crippen MR) is 101 cm³/mol. The molecule has 1 aliphatic heterocycles. The van der Waals surface area contributed by atoms with Crippen LogP contribution in [0.5, 0.6) is 0 Å². The molecule has 1 heterocycles. The van der Waals surface area contributed by atoms with E-state index in [0.717, 1.165) is 64.2 Å². The van der Waals surface area contributed by atoms with Crippen molar-refractivity contribution in [1.29, 1.82) is 0 Å². The minimum atomic E-state index is -0.442. The Labute approximate surface area is 155 Å². The Bertz CT molecular complexity index is 605. The lowest BCUT2D eigenvalue weighted by Crippen LogP contribution is -2.47. The van der Waals surface area contributed by atoms with Crippen LogP contribution in [-0.4, -0.2) is 49.1 Å². The molecule has 1 aromatic rings. The number of hydrogen-bond acceptors (Lipinski definition) is 4. The summed E-state index contributed by atoms with van der Waals surface area (Å²) in [5.74, 6) is -0.0366. The van der Waals surface area contributed by atoms with E-state index >= 15 is 0 Å². The molecule has 0 aromatic heterocycles. The van der Waals surface area contributed by atoms with Crippen LogP contribution in [-0.2, 0) is 20.9 Å². The highest BCUT2D eigenvalue weighted by atomic mass is 16.5. The maximum absolute atomic E-state index is 12.7. The Balaban J connectivity index is 1.57. The summed E-state index contributed by atoms with van der Waals surface area (Å²) in [5, 5.41) is 5.81. The van der Waals surface area contributed by atoms with E-state index in [1.165, 1.54) is 12.5 Å². The summed E-state index contributed by atoms with van der Waals surface area (Å²) in [6.45, 7) is 5.86. The largest absolute Gasteiger partial charge is 0.379 e. The summed E-state index contributed by atoms with van der Waals surface area (Å²) >= 11 is 0. The number of ether oxygens (including phenoxy) is 1. The minimum Gasteiger partial charge on any atom is -0.379 e. The van der Waals surface area contributed by atoms with E-state index in [2.05, 4.69) is 15.5 Å². The third-order valence-electron chi connectivity index (χ3n) is 5.24. The predicted octanol–water partition coefficient (Wildman–Crippen LogP) is 2.15. The smallest absolute Gasteiger partial charge is 0.247 e. The first-order valence-corrected chi connectivity index (χ1v) is 9.59. The first-order chi connectivity index (χ1) is 12.6. The second kappa shape index (κ2) is 9.14. The maximum atomic E-state index is 12.7. The van der Waals surface area contributed by atoms with Gasteiger partial charge >= 0.3 is 0 Å². The van der Waals surface area contributed by atoms with Crippen molar-refractivity contribution >= 4 is 17.5 Å². The topological polar surface area (TPSA) is 70.7 Å². The highest BCUT2D eigenvalue weighted by Gasteiger charge is 2.31. The van der Waals surface area contributed by atoms with E-state index in [1.54, 1.807) is 0 Å². The van der Waals surface area contributed by atoms with E-state index in [4.69, 9.17) is 4.74 Å². The van der Waals surface area contributed by atoms with Crippen LogP contribution in [0, 0.1) is 5.92 Å². The number of amides is 2. The molecule has 1 aliphatic carbocycles. The lowest BCUT2D eigenvalue weighted by atomic mass is 9.97. The SMILES string of the molecule is CC(=O)NC(C(=O)Nc1ccc(CN2CCOCC2)cc1)C1CCCC1. The Hall–Kier alpha value is -1.92. The minimum absolute atomic E-state index is 0.118. The van der Waals surface area contributed by atoms with Gasteiger partial charge in [-0.1, -0.05) is 25.0 Å². The number of morpholine rings is 1. The molecule has 6 heteroatoms. The van der Waals surface area contributed by atoms with Crippen molar-refractivity contribution in [3.05, 3.63) is 29.8 Å². The number of anilines is 1. The molecule has 3 rings (SSSR count). The van der Waals surface area contributed by atoms with Crippen molar-refractivity contribution in [3.8, 4) is 0 Å². The van der Waals surface area contributed by atoms with Gasteiger partial charge in [-0.3, -0.25) is 14.5 Å². The Morgan fingerprint density at radius 1 is 1.15 bits per heavy atom.